The molecule has 22 heavy (non-hydrogen) atoms. The number of carbonyl (C=O) groups excluding carboxylic acids is 1. The van der Waals surface area contributed by atoms with Gasteiger partial charge >= 0.3 is 0 Å². The van der Waals surface area contributed by atoms with E-state index in [1.807, 2.05) is 38.1 Å². The Bertz CT molecular complexity index is 617. The molecule has 116 valence electrons. The van der Waals surface area contributed by atoms with E-state index in [-0.39, 0.29) is 17.3 Å². The Labute approximate surface area is 131 Å². The zero-order valence-electron chi connectivity index (χ0n) is 13.1. The van der Waals surface area contributed by atoms with Crippen LogP contribution in [0.15, 0.2) is 36.4 Å². The molecule has 0 amide bonds. The number of phenolic OH excluding ortho intramolecular Hbond substituents is 2. The lowest BCUT2D eigenvalue weighted by molar-refractivity contribution is -0.119. The van der Waals surface area contributed by atoms with Crippen molar-refractivity contribution >= 4 is 5.78 Å². The normalized spacial score (nSPS) is 10.6. The van der Waals surface area contributed by atoms with Crippen LogP contribution in [0.2, 0.25) is 0 Å². The average Bonchev–Trinajstić information content (AvgIpc) is 2.49. The second-order valence-corrected chi connectivity index (χ2v) is 5.80. The summed E-state index contributed by atoms with van der Waals surface area (Å²) in [4.78, 5) is 12.0. The van der Waals surface area contributed by atoms with Crippen molar-refractivity contribution in [3.8, 4) is 11.5 Å². The molecule has 0 atom stereocenters. The number of phenols is 2. The third-order valence-electron chi connectivity index (χ3n) is 3.82. The van der Waals surface area contributed by atoms with Crippen LogP contribution in [0.1, 0.15) is 35.1 Å². The Morgan fingerprint density at radius 2 is 1.23 bits per heavy atom. The molecule has 0 aliphatic heterocycles. The van der Waals surface area contributed by atoms with Crippen LogP contribution in [-0.2, 0) is 17.6 Å². The fraction of sp³-hybridized carbons (Fsp3) is 0.316. The van der Waals surface area contributed by atoms with Crippen LogP contribution >= 0.6 is 0 Å². The quantitative estimate of drug-likeness (QED) is 0.851. The van der Waals surface area contributed by atoms with E-state index in [9.17, 15) is 15.0 Å². The summed E-state index contributed by atoms with van der Waals surface area (Å²) < 4.78 is 0. The van der Waals surface area contributed by atoms with Crippen LogP contribution < -0.4 is 0 Å². The van der Waals surface area contributed by atoms with Crippen LogP contribution in [0.5, 0.6) is 11.5 Å². The minimum absolute atomic E-state index is 0.141. The first-order valence-electron chi connectivity index (χ1n) is 7.54. The molecule has 0 fully saturated rings. The lowest BCUT2D eigenvalue weighted by atomic mass is 10.00. The van der Waals surface area contributed by atoms with Gasteiger partial charge in [0.15, 0.2) is 0 Å². The molecule has 0 radical (unpaired) electrons. The van der Waals surface area contributed by atoms with E-state index in [1.165, 1.54) is 0 Å². The van der Waals surface area contributed by atoms with Crippen LogP contribution in [0.4, 0.5) is 0 Å². The van der Waals surface area contributed by atoms with Gasteiger partial charge in [-0.05, 0) is 49.9 Å². The average molecular weight is 298 g/mol. The zero-order valence-corrected chi connectivity index (χ0v) is 13.1. The number of hydrogen-bond donors (Lipinski definition) is 2. The van der Waals surface area contributed by atoms with Gasteiger partial charge in [-0.25, -0.2) is 0 Å². The summed E-state index contributed by atoms with van der Waals surface area (Å²) in [5.41, 5.74) is 3.77. The highest BCUT2D eigenvalue weighted by atomic mass is 16.3. The number of carbonyl (C=O) groups is 1. The molecular formula is C19H22O3. The monoisotopic (exact) mass is 298 g/mol. The maximum atomic E-state index is 12.0. The molecule has 0 aliphatic carbocycles. The van der Waals surface area contributed by atoms with Gasteiger partial charge < -0.3 is 10.2 Å². The van der Waals surface area contributed by atoms with Gasteiger partial charge in [0.2, 0.25) is 0 Å². The number of aryl methyl sites for hydroxylation is 4. The zero-order chi connectivity index (χ0) is 16.1. The molecule has 0 heterocycles. The number of hydrogen-bond acceptors (Lipinski definition) is 3. The van der Waals surface area contributed by atoms with E-state index >= 15 is 0 Å². The standard InChI is InChI=1S/C19H22O3/c1-13-3-9-18(21)15(11-13)5-7-17(20)8-6-16-12-14(2)4-10-19(16)22/h3-4,9-12,21-22H,5-8H2,1-2H3. The largest absolute Gasteiger partial charge is 0.508 e. The third-order valence-corrected chi connectivity index (χ3v) is 3.82. The summed E-state index contributed by atoms with van der Waals surface area (Å²) in [5.74, 6) is 0.631. The number of aromatic hydroxyl groups is 2. The number of rotatable bonds is 6. The molecule has 2 N–H and O–H groups in total. The van der Waals surface area contributed by atoms with E-state index in [0.717, 1.165) is 22.3 Å². The molecule has 0 saturated heterocycles. The molecule has 0 spiro atoms. The van der Waals surface area contributed by atoms with E-state index in [2.05, 4.69) is 0 Å². The first-order valence-corrected chi connectivity index (χ1v) is 7.54. The minimum atomic E-state index is 0.141. The molecule has 3 heteroatoms. The maximum Gasteiger partial charge on any atom is 0.133 e. The van der Waals surface area contributed by atoms with Crippen LogP contribution in [0, 0.1) is 13.8 Å². The third kappa shape index (κ3) is 4.35. The SMILES string of the molecule is Cc1ccc(O)c(CCC(=O)CCc2cc(C)ccc2O)c1. The van der Waals surface area contributed by atoms with Crippen LogP contribution in [0.25, 0.3) is 0 Å². The fourth-order valence-corrected chi connectivity index (χ4v) is 2.50. The summed E-state index contributed by atoms with van der Waals surface area (Å²) in [6.07, 6.45) is 1.91. The molecule has 0 aliphatic rings. The summed E-state index contributed by atoms with van der Waals surface area (Å²) in [5, 5.41) is 19.6. The van der Waals surface area contributed by atoms with E-state index < -0.39 is 0 Å². The smallest absolute Gasteiger partial charge is 0.133 e. The van der Waals surface area contributed by atoms with Gasteiger partial charge in [-0.3, -0.25) is 4.79 Å². The molecule has 0 bridgehead atoms. The van der Waals surface area contributed by atoms with E-state index in [4.69, 9.17) is 0 Å². The molecule has 0 aromatic heterocycles. The molecule has 3 nitrogen and oxygen atoms in total. The summed E-state index contributed by atoms with van der Waals surface area (Å²) >= 11 is 0. The van der Waals surface area contributed by atoms with Gasteiger partial charge in [-0.2, -0.15) is 0 Å². The summed E-state index contributed by atoms with van der Waals surface area (Å²) in [7, 11) is 0. The lowest BCUT2D eigenvalue weighted by Gasteiger charge is -2.07. The maximum absolute atomic E-state index is 12.0. The van der Waals surface area contributed by atoms with Gasteiger partial charge in [0.25, 0.3) is 0 Å². The topological polar surface area (TPSA) is 57.5 Å². The van der Waals surface area contributed by atoms with Gasteiger partial charge in [0.05, 0.1) is 0 Å². The van der Waals surface area contributed by atoms with Gasteiger partial charge in [0, 0.05) is 12.8 Å². The molecule has 2 rings (SSSR count). The molecular weight excluding hydrogens is 276 g/mol. The van der Waals surface area contributed by atoms with Gasteiger partial charge in [-0.15, -0.1) is 0 Å². The first kappa shape index (κ1) is 16.1. The van der Waals surface area contributed by atoms with Crippen LogP contribution in [0.3, 0.4) is 0 Å². The van der Waals surface area contributed by atoms with Crippen molar-refractivity contribution in [2.24, 2.45) is 0 Å². The van der Waals surface area contributed by atoms with Gasteiger partial charge in [0.1, 0.15) is 17.3 Å². The van der Waals surface area contributed by atoms with Crippen molar-refractivity contribution < 1.29 is 15.0 Å². The number of Topliss-reactive ketones (excluding diaryl/α,β-unsaturated/α-hetero) is 1. The second-order valence-electron chi connectivity index (χ2n) is 5.80. The Morgan fingerprint density at radius 1 is 0.818 bits per heavy atom. The van der Waals surface area contributed by atoms with E-state index in [0.29, 0.717) is 25.7 Å². The van der Waals surface area contributed by atoms with Crippen molar-refractivity contribution in [2.45, 2.75) is 39.5 Å². The molecule has 2 aromatic rings. The molecule has 2 aromatic carbocycles. The molecule has 0 unspecified atom stereocenters. The minimum Gasteiger partial charge on any atom is -0.508 e. The highest BCUT2D eigenvalue weighted by molar-refractivity contribution is 5.79. The van der Waals surface area contributed by atoms with Crippen molar-refractivity contribution in [3.63, 3.8) is 0 Å². The highest BCUT2D eigenvalue weighted by Crippen LogP contribution is 2.22. The predicted molar refractivity (Wildman–Crippen MR) is 87.3 cm³/mol. The lowest BCUT2D eigenvalue weighted by Crippen LogP contribution is -2.03. The van der Waals surface area contributed by atoms with Crippen molar-refractivity contribution in [2.75, 3.05) is 0 Å². The van der Waals surface area contributed by atoms with E-state index in [1.54, 1.807) is 12.1 Å². The fourth-order valence-electron chi connectivity index (χ4n) is 2.50. The second kappa shape index (κ2) is 7.12. The first-order chi connectivity index (χ1) is 10.5. The van der Waals surface area contributed by atoms with Crippen molar-refractivity contribution in [1.82, 2.24) is 0 Å². The van der Waals surface area contributed by atoms with Gasteiger partial charge in [-0.1, -0.05) is 35.4 Å². The number of ketones is 1. The highest BCUT2D eigenvalue weighted by Gasteiger charge is 2.08. The predicted octanol–water partition coefficient (Wildman–Crippen LogP) is 3.85. The Morgan fingerprint density at radius 3 is 1.64 bits per heavy atom. The number of benzene rings is 2. The van der Waals surface area contributed by atoms with Crippen molar-refractivity contribution in [3.05, 3.63) is 58.7 Å². The van der Waals surface area contributed by atoms with Crippen LogP contribution in [-0.4, -0.2) is 16.0 Å². The molecule has 0 saturated carbocycles. The summed E-state index contributed by atoms with van der Waals surface area (Å²) in [6, 6.07) is 10.9. The Hall–Kier alpha value is -2.29. The van der Waals surface area contributed by atoms with Crippen molar-refractivity contribution in [1.29, 1.82) is 0 Å². The Balaban J connectivity index is 1.88. The Kier molecular flexibility index (Phi) is 5.21. The summed E-state index contributed by atoms with van der Waals surface area (Å²) in [6.45, 7) is 3.93.